The highest BCUT2D eigenvalue weighted by Crippen LogP contribution is 2.70. The van der Waals surface area contributed by atoms with Crippen molar-refractivity contribution in [3.05, 3.63) is 108 Å². The molecule has 0 spiro atoms. The van der Waals surface area contributed by atoms with Gasteiger partial charge in [0.25, 0.3) is 5.69 Å². The minimum Gasteiger partial charge on any atom is -0.429 e. The third kappa shape index (κ3) is 23.1. The zero-order chi connectivity index (χ0) is 81.9. The molecule has 628 valence electrons. The van der Waals surface area contributed by atoms with Crippen LogP contribution < -0.4 is 41.9 Å². The molecule has 4 fully saturated rings. The van der Waals surface area contributed by atoms with Crippen molar-refractivity contribution in [1.29, 1.82) is 0 Å². The van der Waals surface area contributed by atoms with E-state index in [0.29, 0.717) is 102 Å². The van der Waals surface area contributed by atoms with Crippen molar-refractivity contribution in [2.45, 2.75) is 162 Å². The van der Waals surface area contributed by atoms with Crippen molar-refractivity contribution in [3.8, 4) is 22.5 Å². The Morgan fingerprint density at radius 2 is 1.43 bits per heavy atom. The van der Waals surface area contributed by atoms with E-state index in [9.17, 15) is 48.3 Å². The maximum Gasteiger partial charge on any atom is 0.509 e. The molecule has 4 aliphatic carbocycles. The number of aliphatic hydroxyl groups is 1. The van der Waals surface area contributed by atoms with Gasteiger partial charge in [-0.05, 0) is 123 Å². The Morgan fingerprint density at radius 1 is 0.765 bits per heavy atom. The number of H-pyrrole nitrogens is 1. The third-order valence-electron chi connectivity index (χ3n) is 22.9. The van der Waals surface area contributed by atoms with E-state index in [1.54, 1.807) is 55.2 Å². The molecule has 0 radical (unpaired) electrons. The molecule has 1 aromatic heterocycles. The first kappa shape index (κ1) is 88.6. The molecule has 6 aliphatic rings. The van der Waals surface area contributed by atoms with Gasteiger partial charge in [0, 0.05) is 84.3 Å². The number of nitrogens with two attached hydrogens (primary N) is 1. The highest BCUT2D eigenvalue weighted by molar-refractivity contribution is 6.02. The number of nitrogens with one attached hydrogen (secondary N) is 6. The number of ketones is 3. The molecule has 0 bridgehead atoms. The first-order valence-corrected chi connectivity index (χ1v) is 40.5. The van der Waals surface area contributed by atoms with E-state index >= 15 is 0 Å². The van der Waals surface area contributed by atoms with E-state index < -0.39 is 83.3 Å². The molecule has 4 aromatic rings. The van der Waals surface area contributed by atoms with Crippen LogP contribution >= 0.6 is 0 Å². The monoisotopic (exact) mass is 1600 g/mol. The van der Waals surface area contributed by atoms with E-state index in [1.807, 2.05) is 80.2 Å². The van der Waals surface area contributed by atoms with Gasteiger partial charge >= 0.3 is 12.2 Å². The molecule has 31 nitrogen and oxygen atoms in total. The molecular weight excluding hydrogens is 1480 g/mol. The average molecular weight is 1600 g/mol. The van der Waals surface area contributed by atoms with Crippen LogP contribution in [0.3, 0.4) is 0 Å². The predicted octanol–water partition coefficient (Wildman–Crippen LogP) is 6.69. The zero-order valence-electron chi connectivity index (χ0n) is 67.2. The number of aromatic amines is 1. The number of anilines is 2. The van der Waals surface area contributed by atoms with Gasteiger partial charge in [-0.25, -0.2) is 9.59 Å². The summed E-state index contributed by atoms with van der Waals surface area (Å²) in [6, 6.07) is 20.4. The van der Waals surface area contributed by atoms with Gasteiger partial charge in [-0.1, -0.05) is 100 Å². The van der Waals surface area contributed by atoms with E-state index in [1.165, 1.54) is 0 Å². The minimum atomic E-state index is -1.49. The summed E-state index contributed by atoms with van der Waals surface area (Å²) in [7, 11) is 1.88. The Labute approximate surface area is 672 Å². The van der Waals surface area contributed by atoms with Crippen LogP contribution in [0.1, 0.15) is 123 Å². The normalized spacial score (nSPS) is 22.8. The number of amides is 6. The van der Waals surface area contributed by atoms with Crippen molar-refractivity contribution in [3.63, 3.8) is 0 Å². The number of aliphatic hydroxyl groups excluding tert-OH is 1. The van der Waals surface area contributed by atoms with Crippen LogP contribution in [0.25, 0.3) is 22.5 Å². The number of likely N-dealkylation sites (N-methyl/N-ethyl adjacent to an activating group) is 1. The number of fused-ring (bicyclic) bond motifs is 12. The number of carbonyl (C=O) groups is 9. The van der Waals surface area contributed by atoms with E-state index in [0.717, 1.165) is 53.0 Å². The standard InChI is InChI=1S/C84H116N10O21/c1-7-13-74-114-70-50-65-63-24-21-59-49-61(95)27-29-82(59,4)75(63)68(97)51-83(65,5)84(70,115-74)69(98)54-113-81(104)112-53-56-19-22-60(23-20-56)89-79(102)57(15-12-30-88-80(85)103)48-67(96)76(55(2)3)90-72(100)28-34-105-38-42-109-46-47-111-44-40-107-36-32-87-71(99)25-26-73(101)93-52-58-14-8-9-16-62(58)77-78(64-17-10-11-18-66(64)93)94(92-91-77)33-37-108-41-45-110-43-39-106-35-31-86-6/h8-11,14,16-20,22-23,27,29,49,55,57,63,65,68,70,74-76,86,97H,7,12-13,15,21,24-26,28,30-48,50-54H2,1-6H3,(H6,85,87,88,89,90,99,100,102,103)/p+1/t57-,63+,65+,68+,70-,74?,75-,76+,82+,83+,84-/m1/s1. The molecular formula is C84H117N10O21+. The number of urea groups is 1. The second-order valence-corrected chi connectivity index (χ2v) is 30.9. The number of hydrogen-bond donors (Lipinski definition) is 8. The molecule has 6 amide bonds. The molecule has 31 heteroatoms. The summed E-state index contributed by atoms with van der Waals surface area (Å²) in [6.07, 6.45) is 5.79. The Kier molecular flexibility index (Phi) is 33.5. The molecule has 115 heavy (non-hydrogen) atoms. The van der Waals surface area contributed by atoms with Gasteiger partial charge in [-0.2, -0.15) is 4.68 Å². The fraction of sp³-hybridized carbons (Fsp3) is 0.607. The molecule has 10 rings (SSSR count). The van der Waals surface area contributed by atoms with Crippen LogP contribution in [0.15, 0.2) is 96.6 Å². The molecule has 11 atom stereocenters. The van der Waals surface area contributed by atoms with Gasteiger partial charge in [-0.15, -0.1) is 0 Å². The lowest BCUT2D eigenvalue weighted by Crippen LogP contribution is -2.63. The second-order valence-electron chi connectivity index (χ2n) is 30.9. The van der Waals surface area contributed by atoms with Crippen molar-refractivity contribution in [1.82, 2.24) is 31.6 Å². The number of rotatable bonds is 48. The smallest absolute Gasteiger partial charge is 0.429 e. The average Bonchev–Trinajstić information content (AvgIpc) is 1.52. The highest BCUT2D eigenvalue weighted by atomic mass is 16.8. The van der Waals surface area contributed by atoms with Crippen LogP contribution in [0.4, 0.5) is 21.0 Å². The number of nitrogens with zero attached hydrogens (tertiary/aromatic N) is 3. The maximum atomic E-state index is 14.7. The molecule has 1 saturated heterocycles. The van der Waals surface area contributed by atoms with Crippen molar-refractivity contribution in [2.75, 3.05) is 136 Å². The quantitative estimate of drug-likeness (QED) is 0.0130. The topological polar surface area (TPSA) is 397 Å². The number of primary amides is 1. The first-order chi connectivity index (χ1) is 55.6. The van der Waals surface area contributed by atoms with Crippen molar-refractivity contribution < 1.29 is 105 Å². The fourth-order valence-corrected chi connectivity index (χ4v) is 17.2. The molecule has 9 N–H and O–H groups in total. The molecule has 1 unspecified atom stereocenters. The number of aromatic nitrogens is 3. The summed E-state index contributed by atoms with van der Waals surface area (Å²) in [5.74, 6) is -3.68. The first-order valence-electron chi connectivity index (χ1n) is 40.5. The SMILES string of the molecule is CCCC1O[C@@H]2C[C@H]3[C@@H]4CCC5=CC(=O)C=C[C@]5(C)[C@H]4[C@@H](O)C[C@]3(C)[C@]2(C(=O)COC(=O)OCc2ccc(NC(=O)[C@H](CCCNC(N)=O)CC(=O)[C@@H](NC(=O)CCOCCOCCOCCOCCNC(=O)CCC(=O)N3Cc4ccccc4-c4n[nH][n+](CCOCCOCCOCCNC)c4-c4ccccc43)C(C)C)cc2)O1. The summed E-state index contributed by atoms with van der Waals surface area (Å²) in [6.45, 7) is 15.5. The Bertz CT molecular complexity index is 4000. The number of ether oxygens (including phenoxy) is 11. The van der Waals surface area contributed by atoms with Crippen LogP contribution in [-0.4, -0.2) is 225 Å². The van der Waals surface area contributed by atoms with Gasteiger partial charge in [0.1, 0.15) is 13.2 Å². The van der Waals surface area contributed by atoms with E-state index in [-0.39, 0.29) is 151 Å². The lowest BCUT2D eigenvalue weighted by molar-refractivity contribution is -0.744. The lowest BCUT2D eigenvalue weighted by atomic mass is 9.46. The van der Waals surface area contributed by atoms with Crippen LogP contribution in [0.2, 0.25) is 0 Å². The van der Waals surface area contributed by atoms with Gasteiger partial charge < -0.3 is 94.4 Å². The predicted molar refractivity (Wildman–Crippen MR) is 421 cm³/mol. The van der Waals surface area contributed by atoms with Crippen LogP contribution in [-0.2, 0) is 105 Å². The zero-order valence-corrected chi connectivity index (χ0v) is 67.2. The van der Waals surface area contributed by atoms with Gasteiger partial charge in [0.15, 0.2) is 30.1 Å². The summed E-state index contributed by atoms with van der Waals surface area (Å²) < 4.78 is 65.7. The molecule has 2 aliphatic heterocycles. The Hall–Kier alpha value is -8.73. The molecule has 3 heterocycles. The number of benzene rings is 3. The van der Waals surface area contributed by atoms with Crippen molar-refractivity contribution >= 4 is 64.5 Å². The number of Topliss-reactive ketones (excluding diaryl/α,β-unsaturated/α-hetero) is 2. The summed E-state index contributed by atoms with van der Waals surface area (Å²) in [5.41, 5.74) is 9.27. The molecule has 3 aromatic carbocycles. The third-order valence-corrected chi connectivity index (χ3v) is 22.9. The van der Waals surface area contributed by atoms with Gasteiger partial charge in [-0.3, -0.25) is 33.6 Å². The summed E-state index contributed by atoms with van der Waals surface area (Å²) in [4.78, 5) is 122. The van der Waals surface area contributed by atoms with E-state index in [4.69, 9.17) is 62.9 Å². The van der Waals surface area contributed by atoms with Crippen LogP contribution in [0.5, 0.6) is 0 Å². The number of para-hydroxylation sites is 1. The minimum absolute atomic E-state index is 0.0109. The maximum absolute atomic E-state index is 14.7. The largest absolute Gasteiger partial charge is 0.509 e. The Morgan fingerprint density at radius 3 is 2.11 bits per heavy atom. The number of allylic oxidation sites excluding steroid dienone is 4. The Balaban J connectivity index is 0.579. The van der Waals surface area contributed by atoms with Crippen molar-refractivity contribution in [2.24, 2.45) is 46.2 Å². The van der Waals surface area contributed by atoms with Gasteiger partial charge in [0.2, 0.25) is 35.1 Å². The second kappa shape index (κ2) is 43.5. The van der Waals surface area contributed by atoms with E-state index in [2.05, 4.69) is 38.7 Å². The highest BCUT2D eigenvalue weighted by Gasteiger charge is 2.76. The van der Waals surface area contributed by atoms with Crippen LogP contribution in [0, 0.1) is 40.4 Å². The number of hydrogen-bond acceptors (Lipinski definition) is 23. The summed E-state index contributed by atoms with van der Waals surface area (Å²) in [5, 5.41) is 34.1. The number of carbonyl (C=O) groups excluding carboxylic acids is 9. The fourth-order valence-electron chi connectivity index (χ4n) is 17.2. The molecule has 3 saturated carbocycles. The summed E-state index contributed by atoms with van der Waals surface area (Å²) >= 11 is 0. The van der Waals surface area contributed by atoms with Gasteiger partial charge in [0.05, 0.1) is 129 Å². The lowest BCUT2D eigenvalue weighted by Gasteiger charge is -2.59.